The van der Waals surface area contributed by atoms with Crippen LogP contribution in [0, 0.1) is 5.92 Å². The fourth-order valence-electron chi connectivity index (χ4n) is 1.63. The summed E-state index contributed by atoms with van der Waals surface area (Å²) in [6.07, 6.45) is 0.0601. The number of carboxylic acids is 1. The highest BCUT2D eigenvalue weighted by Gasteiger charge is 2.35. The molecule has 0 aliphatic carbocycles. The highest BCUT2D eigenvalue weighted by atomic mass is 32.1. The molecular formula is C9H10N2O3S. The number of hydrogen-bond donors (Lipinski definition) is 2. The Labute approximate surface area is 90.1 Å². The maximum atomic E-state index is 11.6. The molecule has 0 radical (unpaired) electrons. The molecule has 1 amide bonds. The lowest BCUT2D eigenvalue weighted by molar-refractivity contribution is -0.141. The third kappa shape index (κ3) is 1.68. The van der Waals surface area contributed by atoms with E-state index in [4.69, 9.17) is 10.8 Å². The molecule has 1 unspecified atom stereocenters. The summed E-state index contributed by atoms with van der Waals surface area (Å²) in [4.78, 5) is 23.7. The normalized spacial score (nSPS) is 20.9. The van der Waals surface area contributed by atoms with E-state index in [0.717, 1.165) is 0 Å². The second kappa shape index (κ2) is 3.54. The van der Waals surface area contributed by atoms with Crippen LogP contribution in [0.5, 0.6) is 0 Å². The van der Waals surface area contributed by atoms with Crippen LogP contribution < -0.4 is 10.6 Å². The van der Waals surface area contributed by atoms with E-state index in [0.29, 0.717) is 11.4 Å². The third-order valence-corrected chi connectivity index (χ3v) is 3.18. The van der Waals surface area contributed by atoms with Gasteiger partial charge in [0.2, 0.25) is 5.91 Å². The van der Waals surface area contributed by atoms with Crippen molar-refractivity contribution in [1.29, 1.82) is 0 Å². The average Bonchev–Trinajstić information content (AvgIpc) is 2.71. The van der Waals surface area contributed by atoms with Crippen molar-refractivity contribution in [3.63, 3.8) is 0 Å². The number of anilines is 2. The number of nitrogen functional groups attached to an aromatic ring is 1. The zero-order valence-corrected chi connectivity index (χ0v) is 8.66. The molecule has 80 valence electrons. The van der Waals surface area contributed by atoms with Gasteiger partial charge in [-0.3, -0.25) is 9.59 Å². The third-order valence-electron chi connectivity index (χ3n) is 2.44. The highest BCUT2D eigenvalue weighted by Crippen LogP contribution is 2.32. The monoisotopic (exact) mass is 226 g/mol. The maximum absolute atomic E-state index is 11.6. The van der Waals surface area contributed by atoms with E-state index in [1.807, 2.05) is 0 Å². The predicted octanol–water partition coefficient (Wildman–Crippen LogP) is 0.768. The van der Waals surface area contributed by atoms with Crippen LogP contribution in [-0.4, -0.2) is 23.5 Å². The number of nitrogens with zero attached hydrogens (tertiary/aromatic N) is 1. The van der Waals surface area contributed by atoms with Crippen molar-refractivity contribution in [2.45, 2.75) is 6.42 Å². The van der Waals surface area contributed by atoms with Gasteiger partial charge in [0.15, 0.2) is 0 Å². The van der Waals surface area contributed by atoms with E-state index in [1.54, 1.807) is 10.8 Å². The van der Waals surface area contributed by atoms with Crippen molar-refractivity contribution in [2.24, 2.45) is 5.92 Å². The van der Waals surface area contributed by atoms with Crippen molar-refractivity contribution >= 4 is 34.6 Å². The van der Waals surface area contributed by atoms with Gasteiger partial charge in [0.05, 0.1) is 17.3 Å². The van der Waals surface area contributed by atoms with Crippen LogP contribution in [0.25, 0.3) is 0 Å². The Kier molecular flexibility index (Phi) is 2.36. The first kappa shape index (κ1) is 9.97. The number of carbonyl (C=O) groups is 2. The van der Waals surface area contributed by atoms with E-state index in [9.17, 15) is 9.59 Å². The molecule has 1 fully saturated rings. The van der Waals surface area contributed by atoms with E-state index in [2.05, 4.69) is 0 Å². The van der Waals surface area contributed by atoms with Crippen molar-refractivity contribution in [3.8, 4) is 0 Å². The lowest BCUT2D eigenvalue weighted by Gasteiger charge is -2.14. The first-order chi connectivity index (χ1) is 7.09. The minimum atomic E-state index is -0.931. The summed E-state index contributed by atoms with van der Waals surface area (Å²) in [5.41, 5.74) is 6.83. The lowest BCUT2D eigenvalue weighted by atomic mass is 10.1. The van der Waals surface area contributed by atoms with Gasteiger partial charge in [-0.15, -0.1) is 11.3 Å². The zero-order chi connectivity index (χ0) is 11.0. The maximum Gasteiger partial charge on any atom is 0.308 e. The number of amides is 1. The van der Waals surface area contributed by atoms with Gasteiger partial charge in [-0.25, -0.2) is 0 Å². The van der Waals surface area contributed by atoms with Crippen LogP contribution in [0.2, 0.25) is 0 Å². The molecule has 3 N–H and O–H groups in total. The van der Waals surface area contributed by atoms with Gasteiger partial charge in [-0.05, 0) is 0 Å². The molecule has 0 bridgehead atoms. The Balaban J connectivity index is 2.22. The predicted molar refractivity (Wildman–Crippen MR) is 56.8 cm³/mol. The smallest absolute Gasteiger partial charge is 0.308 e. The van der Waals surface area contributed by atoms with E-state index in [-0.39, 0.29) is 18.9 Å². The molecule has 2 rings (SSSR count). The number of aliphatic carboxylic acids is 1. The summed E-state index contributed by atoms with van der Waals surface area (Å²) in [5.74, 6) is -1.72. The summed E-state index contributed by atoms with van der Waals surface area (Å²) in [7, 11) is 0. The van der Waals surface area contributed by atoms with Gasteiger partial charge in [0, 0.05) is 23.7 Å². The number of rotatable bonds is 2. The van der Waals surface area contributed by atoms with Crippen LogP contribution in [0.4, 0.5) is 11.4 Å². The molecule has 0 aromatic carbocycles. The molecule has 1 aromatic rings. The summed E-state index contributed by atoms with van der Waals surface area (Å²) in [6.45, 7) is 0.217. The van der Waals surface area contributed by atoms with E-state index < -0.39 is 11.9 Å². The van der Waals surface area contributed by atoms with Gasteiger partial charge in [0.25, 0.3) is 0 Å². The van der Waals surface area contributed by atoms with Gasteiger partial charge < -0.3 is 15.7 Å². The minimum absolute atomic E-state index is 0.0601. The topological polar surface area (TPSA) is 83.6 Å². The van der Waals surface area contributed by atoms with E-state index in [1.165, 1.54) is 16.2 Å². The molecule has 1 aromatic heterocycles. The van der Waals surface area contributed by atoms with Crippen LogP contribution in [0.3, 0.4) is 0 Å². The fraction of sp³-hybridized carbons (Fsp3) is 0.333. The molecule has 15 heavy (non-hydrogen) atoms. The zero-order valence-electron chi connectivity index (χ0n) is 7.84. The molecule has 1 atom stereocenters. The van der Waals surface area contributed by atoms with Crippen molar-refractivity contribution in [3.05, 3.63) is 10.8 Å². The Morgan fingerprint density at radius 1 is 1.60 bits per heavy atom. The van der Waals surface area contributed by atoms with Crippen molar-refractivity contribution in [2.75, 3.05) is 17.2 Å². The number of carboxylic acid groups (broad SMARTS) is 1. The minimum Gasteiger partial charge on any atom is -0.481 e. The van der Waals surface area contributed by atoms with Crippen LogP contribution >= 0.6 is 11.3 Å². The largest absolute Gasteiger partial charge is 0.481 e. The standard InChI is InChI=1S/C9H10N2O3S/c10-6-3-15-4-7(6)11-2-5(9(13)14)1-8(11)12/h3-5H,1-2,10H2,(H,13,14). The van der Waals surface area contributed by atoms with E-state index >= 15 is 0 Å². The molecule has 5 nitrogen and oxygen atoms in total. The molecule has 2 heterocycles. The summed E-state index contributed by atoms with van der Waals surface area (Å²) in [6, 6.07) is 0. The van der Waals surface area contributed by atoms with Gasteiger partial charge in [-0.2, -0.15) is 0 Å². The highest BCUT2D eigenvalue weighted by molar-refractivity contribution is 7.09. The van der Waals surface area contributed by atoms with Crippen molar-refractivity contribution < 1.29 is 14.7 Å². The molecule has 0 spiro atoms. The second-order valence-electron chi connectivity index (χ2n) is 3.46. The molecule has 0 saturated carbocycles. The number of carbonyl (C=O) groups excluding carboxylic acids is 1. The first-order valence-electron chi connectivity index (χ1n) is 4.44. The number of thiophene rings is 1. The molecule has 1 aliphatic heterocycles. The first-order valence-corrected chi connectivity index (χ1v) is 5.38. The number of nitrogens with two attached hydrogens (primary N) is 1. The Morgan fingerprint density at radius 3 is 2.80 bits per heavy atom. The Bertz CT molecular complexity index is 415. The van der Waals surface area contributed by atoms with Crippen LogP contribution in [-0.2, 0) is 9.59 Å². The Hall–Kier alpha value is -1.56. The summed E-state index contributed by atoms with van der Waals surface area (Å²) in [5, 5.41) is 12.3. The van der Waals surface area contributed by atoms with Crippen LogP contribution in [0.15, 0.2) is 10.8 Å². The second-order valence-corrected chi connectivity index (χ2v) is 4.20. The fourth-order valence-corrected chi connectivity index (χ4v) is 2.35. The summed E-state index contributed by atoms with van der Waals surface area (Å²) < 4.78 is 0. The van der Waals surface area contributed by atoms with Gasteiger partial charge in [0.1, 0.15) is 0 Å². The average molecular weight is 226 g/mol. The SMILES string of the molecule is Nc1cscc1N1CC(C(=O)O)CC1=O. The Morgan fingerprint density at radius 2 is 2.33 bits per heavy atom. The molecule has 6 heteroatoms. The summed E-state index contributed by atoms with van der Waals surface area (Å²) >= 11 is 1.40. The van der Waals surface area contributed by atoms with Crippen molar-refractivity contribution in [1.82, 2.24) is 0 Å². The number of hydrogen-bond acceptors (Lipinski definition) is 4. The molecule has 1 saturated heterocycles. The molecular weight excluding hydrogens is 216 g/mol. The van der Waals surface area contributed by atoms with Crippen LogP contribution in [0.1, 0.15) is 6.42 Å². The van der Waals surface area contributed by atoms with Gasteiger partial charge >= 0.3 is 5.97 Å². The van der Waals surface area contributed by atoms with Gasteiger partial charge in [-0.1, -0.05) is 0 Å². The quantitative estimate of drug-likeness (QED) is 0.780. The lowest BCUT2D eigenvalue weighted by Crippen LogP contribution is -2.25. The molecule has 1 aliphatic rings.